The first-order chi connectivity index (χ1) is 7.43. The van der Waals surface area contributed by atoms with Crippen LogP contribution in [0.15, 0.2) is 48.5 Å². The number of aromatic amines is 1. The second kappa shape index (κ2) is 2.31. The van der Waals surface area contributed by atoms with Gasteiger partial charge in [-0.2, -0.15) is 0 Å². The highest BCUT2D eigenvalue weighted by molar-refractivity contribution is 6.21. The smallest absolute Gasteiger partial charge is 0.0544 e. The number of rotatable bonds is 0. The Balaban J connectivity index is 2.48. The van der Waals surface area contributed by atoms with E-state index in [1.807, 2.05) is 0 Å². The zero-order valence-corrected chi connectivity index (χ0v) is 8.12. The molecular weight excluding hydrogens is 182 g/mol. The van der Waals surface area contributed by atoms with Gasteiger partial charge in [-0.25, -0.2) is 0 Å². The zero-order valence-electron chi connectivity index (χ0n) is 8.12. The van der Waals surface area contributed by atoms with Gasteiger partial charge in [-0.15, -0.1) is 0 Å². The van der Waals surface area contributed by atoms with Crippen molar-refractivity contribution in [2.24, 2.45) is 0 Å². The van der Waals surface area contributed by atoms with Crippen LogP contribution < -0.4 is 0 Å². The second-order valence-electron chi connectivity index (χ2n) is 4.00. The maximum Gasteiger partial charge on any atom is 0.0544 e. The lowest BCUT2D eigenvalue weighted by molar-refractivity contribution is 1.56. The molecule has 2 bridgehead atoms. The molecule has 4 aromatic carbocycles. The van der Waals surface area contributed by atoms with Crippen molar-refractivity contribution in [2.75, 3.05) is 0 Å². The number of benzene rings is 4. The van der Waals surface area contributed by atoms with Crippen molar-refractivity contribution in [2.45, 2.75) is 0 Å². The topological polar surface area (TPSA) is 15.8 Å². The summed E-state index contributed by atoms with van der Waals surface area (Å²) in [6.07, 6.45) is 0. The first kappa shape index (κ1) is 7.30. The van der Waals surface area contributed by atoms with E-state index in [1.54, 1.807) is 0 Å². The summed E-state index contributed by atoms with van der Waals surface area (Å²) in [7, 11) is 0. The monoisotopic (exact) mass is 191 g/mol. The molecule has 0 aliphatic carbocycles. The number of hydrogen-bond acceptors (Lipinski definition) is 0. The Hall–Kier alpha value is -2.02. The van der Waals surface area contributed by atoms with E-state index in [9.17, 15) is 0 Å². The minimum absolute atomic E-state index is 1.23. The van der Waals surface area contributed by atoms with Gasteiger partial charge in [0.25, 0.3) is 0 Å². The highest BCUT2D eigenvalue weighted by Crippen LogP contribution is 2.33. The van der Waals surface area contributed by atoms with Crippen LogP contribution in [0.5, 0.6) is 0 Å². The Bertz CT molecular complexity index is 739. The number of nitrogens with one attached hydrogen (secondary N) is 1. The largest absolute Gasteiger partial charge is 0.354 e. The molecule has 0 fully saturated rings. The van der Waals surface area contributed by atoms with Crippen molar-refractivity contribution in [3.8, 4) is 0 Å². The fourth-order valence-electron chi connectivity index (χ4n) is 2.46. The summed E-state index contributed by atoms with van der Waals surface area (Å²) in [4.78, 5) is 3.49. The van der Waals surface area contributed by atoms with E-state index in [0.29, 0.717) is 0 Å². The maximum absolute atomic E-state index is 3.49. The number of H-pyrrole nitrogens is 1. The first-order valence-electron chi connectivity index (χ1n) is 5.15. The highest BCUT2D eigenvalue weighted by Gasteiger charge is 2.08. The third-order valence-corrected chi connectivity index (χ3v) is 3.17. The molecule has 0 aliphatic heterocycles. The van der Waals surface area contributed by atoms with Crippen LogP contribution in [-0.2, 0) is 0 Å². The minimum Gasteiger partial charge on any atom is -0.354 e. The fourth-order valence-corrected chi connectivity index (χ4v) is 2.46. The molecule has 1 heterocycles. The Kier molecular flexibility index (Phi) is 1.13. The Labute approximate surface area is 86.7 Å². The summed E-state index contributed by atoms with van der Waals surface area (Å²) < 4.78 is 0. The number of fused-ring (bicyclic) bond motifs is 3. The molecule has 15 heavy (non-hydrogen) atoms. The summed E-state index contributed by atoms with van der Waals surface area (Å²) in [5.41, 5.74) is 2.50. The molecule has 1 N–H and O–H groups in total. The van der Waals surface area contributed by atoms with Gasteiger partial charge in [0.15, 0.2) is 0 Å². The van der Waals surface area contributed by atoms with Gasteiger partial charge >= 0.3 is 0 Å². The summed E-state index contributed by atoms with van der Waals surface area (Å²) in [6, 6.07) is 17.2. The van der Waals surface area contributed by atoms with Crippen molar-refractivity contribution in [1.29, 1.82) is 0 Å². The molecule has 1 nitrogen and oxygen atoms in total. The molecule has 0 aliphatic rings. The van der Waals surface area contributed by atoms with Crippen LogP contribution in [0, 0.1) is 0 Å². The molecule has 70 valence electrons. The van der Waals surface area contributed by atoms with Crippen LogP contribution in [-0.4, -0.2) is 4.98 Å². The van der Waals surface area contributed by atoms with E-state index in [4.69, 9.17) is 0 Å². The van der Waals surface area contributed by atoms with Crippen LogP contribution in [0.25, 0.3) is 32.6 Å². The first-order valence-corrected chi connectivity index (χ1v) is 5.15. The zero-order chi connectivity index (χ0) is 9.83. The van der Waals surface area contributed by atoms with Gasteiger partial charge in [-0.3, -0.25) is 0 Å². The van der Waals surface area contributed by atoms with Crippen LogP contribution in [0.1, 0.15) is 0 Å². The summed E-state index contributed by atoms with van der Waals surface area (Å²) >= 11 is 0. The molecule has 5 rings (SSSR count). The third kappa shape index (κ3) is 0.785. The predicted octanol–water partition coefficient (Wildman–Crippen LogP) is 3.91. The highest BCUT2D eigenvalue weighted by atomic mass is 14.7. The van der Waals surface area contributed by atoms with Gasteiger partial charge in [0.2, 0.25) is 0 Å². The molecule has 0 radical (unpaired) electrons. The number of para-hydroxylation sites is 1. The van der Waals surface area contributed by atoms with Crippen molar-refractivity contribution >= 4 is 32.6 Å². The molecule has 0 unspecified atom stereocenters. The quantitative estimate of drug-likeness (QED) is 0.433. The molecule has 1 aromatic heterocycles. The van der Waals surface area contributed by atoms with E-state index >= 15 is 0 Å². The molecule has 0 spiro atoms. The molecule has 0 atom stereocenters. The molecule has 0 saturated heterocycles. The Morgan fingerprint density at radius 1 is 0.733 bits per heavy atom. The fraction of sp³-hybridized carbons (Fsp3) is 0. The van der Waals surface area contributed by atoms with Crippen molar-refractivity contribution in [3.63, 3.8) is 0 Å². The molecule has 1 heteroatoms. The standard InChI is InChI=1S/C14H9N/c1-2-4-12-11(3-1)13-9-5-7-10(8-6-9)14(13)15-12/h1-8,15H. The third-order valence-electron chi connectivity index (χ3n) is 3.17. The van der Waals surface area contributed by atoms with E-state index in [-0.39, 0.29) is 0 Å². The van der Waals surface area contributed by atoms with Crippen molar-refractivity contribution in [1.82, 2.24) is 4.98 Å². The van der Waals surface area contributed by atoms with Crippen LogP contribution >= 0.6 is 0 Å². The van der Waals surface area contributed by atoms with Gasteiger partial charge in [0.05, 0.1) is 5.52 Å². The van der Waals surface area contributed by atoms with E-state index in [2.05, 4.69) is 53.5 Å². The molecular formula is C14H9N. The SMILES string of the molecule is c1ccc2c(c1)[nH]c1c3ccc(cc3)c21. The van der Waals surface area contributed by atoms with Crippen molar-refractivity contribution in [3.05, 3.63) is 48.5 Å². The van der Waals surface area contributed by atoms with E-state index in [1.165, 1.54) is 32.6 Å². The molecule has 0 amide bonds. The Morgan fingerprint density at radius 3 is 2.33 bits per heavy atom. The lowest BCUT2D eigenvalue weighted by atomic mass is 10.0. The van der Waals surface area contributed by atoms with Crippen LogP contribution in [0.3, 0.4) is 0 Å². The van der Waals surface area contributed by atoms with Gasteiger partial charge in [-0.05, 0) is 16.8 Å². The van der Waals surface area contributed by atoms with Crippen molar-refractivity contribution < 1.29 is 0 Å². The summed E-state index contributed by atoms with van der Waals surface area (Å²) in [5.74, 6) is 0. The van der Waals surface area contributed by atoms with Gasteiger partial charge < -0.3 is 4.98 Å². The van der Waals surface area contributed by atoms with Crippen LogP contribution in [0.4, 0.5) is 0 Å². The van der Waals surface area contributed by atoms with E-state index in [0.717, 1.165) is 0 Å². The van der Waals surface area contributed by atoms with Gasteiger partial charge in [0, 0.05) is 16.3 Å². The molecule has 0 saturated carbocycles. The maximum atomic E-state index is 3.49. The Morgan fingerprint density at radius 2 is 1.47 bits per heavy atom. The van der Waals surface area contributed by atoms with E-state index < -0.39 is 0 Å². The van der Waals surface area contributed by atoms with Gasteiger partial charge in [-0.1, -0.05) is 42.5 Å². The minimum atomic E-state index is 1.23. The predicted molar refractivity (Wildman–Crippen MR) is 64.5 cm³/mol. The summed E-state index contributed by atoms with van der Waals surface area (Å²) in [5, 5.41) is 5.30. The normalized spacial score (nSPS) is 12.0. The number of hydrogen-bond donors (Lipinski definition) is 1. The number of aromatic nitrogens is 1. The summed E-state index contributed by atoms with van der Waals surface area (Å²) in [6.45, 7) is 0. The van der Waals surface area contributed by atoms with Gasteiger partial charge in [0.1, 0.15) is 0 Å². The average Bonchev–Trinajstić information content (AvgIpc) is 2.71. The lowest BCUT2D eigenvalue weighted by Crippen LogP contribution is -1.76. The lowest BCUT2D eigenvalue weighted by Gasteiger charge is -2.01. The average molecular weight is 191 g/mol. The second-order valence-corrected chi connectivity index (χ2v) is 4.00. The van der Waals surface area contributed by atoms with Crippen LogP contribution in [0.2, 0.25) is 0 Å². The molecule has 5 aromatic rings.